The molecular weight excluding hydrogens is 140 g/mol. The Kier molecular flexibility index (Phi) is 3.75. The number of thioether (sulfide) groups is 1. The van der Waals surface area contributed by atoms with E-state index in [1.807, 2.05) is 0 Å². The van der Waals surface area contributed by atoms with Gasteiger partial charge in [-0.3, -0.25) is 0 Å². The molecule has 1 rings (SSSR count). The van der Waals surface area contributed by atoms with Crippen molar-refractivity contribution in [2.45, 2.75) is 37.4 Å². The van der Waals surface area contributed by atoms with Crippen LogP contribution >= 0.6 is 11.8 Å². The summed E-state index contributed by atoms with van der Waals surface area (Å²) in [5.41, 5.74) is 0. The maximum absolute atomic E-state index is 5.15. The second-order valence-corrected chi connectivity index (χ2v) is 4.14. The van der Waals surface area contributed by atoms with E-state index in [1.54, 1.807) is 0 Å². The topological polar surface area (TPSA) is 0 Å². The van der Waals surface area contributed by atoms with Gasteiger partial charge in [-0.25, -0.2) is 0 Å². The van der Waals surface area contributed by atoms with Crippen molar-refractivity contribution in [2.75, 3.05) is 5.75 Å². The third kappa shape index (κ3) is 2.66. The number of hydrogen-bond acceptors (Lipinski definition) is 1. The average molecular weight is 154 g/mol. The smallest absolute Gasteiger partial charge is 0.0177 e. The molecule has 1 aliphatic carbocycles. The second kappa shape index (κ2) is 4.68. The fourth-order valence-corrected chi connectivity index (χ4v) is 2.58. The molecule has 0 atom stereocenters. The van der Waals surface area contributed by atoms with Crippen LogP contribution in [0.4, 0.5) is 0 Å². The van der Waals surface area contributed by atoms with Crippen molar-refractivity contribution in [2.24, 2.45) is 0 Å². The standard InChI is InChI=1S/C9H14S/c1-2-3-8-10-9-6-4-5-7-9/h1,9H,3-8H2. The van der Waals surface area contributed by atoms with Crippen molar-refractivity contribution < 1.29 is 0 Å². The Morgan fingerprint density at radius 1 is 1.40 bits per heavy atom. The molecule has 0 radical (unpaired) electrons. The predicted octanol–water partition coefficient (Wildman–Crippen LogP) is 2.69. The molecule has 0 aliphatic heterocycles. The molecule has 56 valence electrons. The van der Waals surface area contributed by atoms with Gasteiger partial charge in [0.05, 0.1) is 0 Å². The van der Waals surface area contributed by atoms with E-state index in [2.05, 4.69) is 17.7 Å². The fraction of sp³-hybridized carbons (Fsp3) is 0.778. The molecule has 0 heterocycles. The van der Waals surface area contributed by atoms with Crippen LogP contribution < -0.4 is 0 Å². The quantitative estimate of drug-likeness (QED) is 0.445. The first-order chi connectivity index (χ1) is 4.93. The zero-order valence-corrected chi connectivity index (χ0v) is 7.12. The highest BCUT2D eigenvalue weighted by molar-refractivity contribution is 7.99. The lowest BCUT2D eigenvalue weighted by Crippen LogP contribution is -1.94. The van der Waals surface area contributed by atoms with Crippen molar-refractivity contribution >= 4 is 11.8 Å². The van der Waals surface area contributed by atoms with E-state index in [0.29, 0.717) is 0 Å². The van der Waals surface area contributed by atoms with Crippen LogP contribution in [0.3, 0.4) is 0 Å². The summed E-state index contributed by atoms with van der Waals surface area (Å²) in [7, 11) is 0. The zero-order valence-electron chi connectivity index (χ0n) is 6.31. The molecule has 0 aromatic heterocycles. The van der Waals surface area contributed by atoms with Gasteiger partial charge in [-0.1, -0.05) is 12.8 Å². The Morgan fingerprint density at radius 2 is 2.10 bits per heavy atom. The van der Waals surface area contributed by atoms with Crippen LogP contribution in [0.25, 0.3) is 0 Å². The Balaban J connectivity index is 1.97. The molecule has 0 aromatic rings. The molecule has 0 unspecified atom stereocenters. The van der Waals surface area contributed by atoms with Gasteiger partial charge in [0, 0.05) is 17.4 Å². The molecule has 0 bridgehead atoms. The third-order valence-electron chi connectivity index (χ3n) is 1.90. The van der Waals surface area contributed by atoms with Gasteiger partial charge in [-0.2, -0.15) is 11.8 Å². The first-order valence-electron chi connectivity index (χ1n) is 3.98. The maximum Gasteiger partial charge on any atom is 0.0177 e. The molecule has 0 aromatic carbocycles. The summed E-state index contributed by atoms with van der Waals surface area (Å²) in [6.07, 6.45) is 11.8. The van der Waals surface area contributed by atoms with Crippen LogP contribution in [-0.4, -0.2) is 11.0 Å². The first-order valence-corrected chi connectivity index (χ1v) is 5.03. The van der Waals surface area contributed by atoms with Crippen molar-refractivity contribution in [3.05, 3.63) is 0 Å². The van der Waals surface area contributed by atoms with Gasteiger partial charge in [0.25, 0.3) is 0 Å². The van der Waals surface area contributed by atoms with E-state index in [4.69, 9.17) is 6.42 Å². The van der Waals surface area contributed by atoms with Crippen LogP contribution in [0.15, 0.2) is 0 Å². The summed E-state index contributed by atoms with van der Waals surface area (Å²) >= 11 is 2.07. The summed E-state index contributed by atoms with van der Waals surface area (Å²) < 4.78 is 0. The molecule has 1 fully saturated rings. The van der Waals surface area contributed by atoms with Gasteiger partial charge >= 0.3 is 0 Å². The molecule has 0 N–H and O–H groups in total. The van der Waals surface area contributed by atoms with Gasteiger partial charge in [0.2, 0.25) is 0 Å². The lowest BCUT2D eigenvalue weighted by Gasteiger charge is -2.05. The monoisotopic (exact) mass is 154 g/mol. The van der Waals surface area contributed by atoms with E-state index in [0.717, 1.165) is 11.7 Å². The normalized spacial score (nSPS) is 19.1. The van der Waals surface area contributed by atoms with Crippen LogP contribution in [-0.2, 0) is 0 Å². The van der Waals surface area contributed by atoms with Crippen LogP contribution in [0.5, 0.6) is 0 Å². The Bertz CT molecular complexity index is 117. The highest BCUT2D eigenvalue weighted by atomic mass is 32.2. The van der Waals surface area contributed by atoms with Crippen molar-refractivity contribution in [1.29, 1.82) is 0 Å². The summed E-state index contributed by atoms with van der Waals surface area (Å²) in [6, 6.07) is 0. The molecule has 0 nitrogen and oxygen atoms in total. The minimum atomic E-state index is 0.938. The van der Waals surface area contributed by atoms with E-state index in [-0.39, 0.29) is 0 Å². The molecule has 1 aliphatic rings. The first kappa shape index (κ1) is 8.01. The van der Waals surface area contributed by atoms with E-state index >= 15 is 0 Å². The number of terminal acetylenes is 1. The predicted molar refractivity (Wildman–Crippen MR) is 48.2 cm³/mol. The Labute approximate surface area is 67.8 Å². The van der Waals surface area contributed by atoms with Crippen molar-refractivity contribution in [3.63, 3.8) is 0 Å². The zero-order chi connectivity index (χ0) is 7.23. The minimum Gasteiger partial charge on any atom is -0.158 e. The summed E-state index contributed by atoms with van der Waals surface area (Å²) in [5, 5.41) is 0.938. The summed E-state index contributed by atoms with van der Waals surface area (Å²) in [6.45, 7) is 0. The second-order valence-electron chi connectivity index (χ2n) is 2.73. The summed E-state index contributed by atoms with van der Waals surface area (Å²) in [5.74, 6) is 3.84. The summed E-state index contributed by atoms with van der Waals surface area (Å²) in [4.78, 5) is 0. The van der Waals surface area contributed by atoms with Crippen molar-refractivity contribution in [3.8, 4) is 12.3 Å². The third-order valence-corrected chi connectivity index (χ3v) is 3.28. The highest BCUT2D eigenvalue weighted by Crippen LogP contribution is 2.29. The molecule has 0 amide bonds. The van der Waals surface area contributed by atoms with Crippen LogP contribution in [0.1, 0.15) is 32.1 Å². The highest BCUT2D eigenvalue weighted by Gasteiger charge is 2.13. The van der Waals surface area contributed by atoms with E-state index in [9.17, 15) is 0 Å². The lowest BCUT2D eigenvalue weighted by molar-refractivity contribution is 0.886. The van der Waals surface area contributed by atoms with E-state index in [1.165, 1.54) is 31.4 Å². The van der Waals surface area contributed by atoms with Crippen LogP contribution in [0, 0.1) is 12.3 Å². The van der Waals surface area contributed by atoms with Gasteiger partial charge in [0.15, 0.2) is 0 Å². The minimum absolute atomic E-state index is 0.938. The Hall–Kier alpha value is -0.0900. The lowest BCUT2D eigenvalue weighted by atomic mass is 10.4. The Morgan fingerprint density at radius 3 is 2.70 bits per heavy atom. The van der Waals surface area contributed by atoms with Gasteiger partial charge in [-0.05, 0) is 12.8 Å². The maximum atomic E-state index is 5.15. The largest absolute Gasteiger partial charge is 0.158 e. The van der Waals surface area contributed by atoms with Gasteiger partial charge in [0.1, 0.15) is 0 Å². The molecule has 1 saturated carbocycles. The molecule has 10 heavy (non-hydrogen) atoms. The van der Waals surface area contributed by atoms with Crippen molar-refractivity contribution in [1.82, 2.24) is 0 Å². The number of hydrogen-bond donors (Lipinski definition) is 0. The average Bonchev–Trinajstić information content (AvgIpc) is 2.41. The SMILES string of the molecule is C#CCCSC1CCCC1. The molecule has 0 spiro atoms. The van der Waals surface area contributed by atoms with E-state index < -0.39 is 0 Å². The van der Waals surface area contributed by atoms with Gasteiger partial charge < -0.3 is 0 Å². The van der Waals surface area contributed by atoms with Gasteiger partial charge in [-0.15, -0.1) is 12.3 Å². The molecule has 1 heteroatoms. The molecular formula is C9H14S. The fourth-order valence-electron chi connectivity index (χ4n) is 1.34. The molecule has 0 saturated heterocycles. The number of rotatable bonds is 3. The van der Waals surface area contributed by atoms with Crippen LogP contribution in [0.2, 0.25) is 0 Å².